The summed E-state index contributed by atoms with van der Waals surface area (Å²) < 4.78 is 14.4. The second kappa shape index (κ2) is 9.50. The van der Waals surface area contributed by atoms with Crippen molar-refractivity contribution in [2.45, 2.75) is 32.4 Å². The van der Waals surface area contributed by atoms with Gasteiger partial charge in [-0.05, 0) is 29.7 Å². The Morgan fingerprint density at radius 3 is 2.67 bits per heavy atom. The molecule has 2 aromatic heterocycles. The molecule has 1 unspecified atom stereocenters. The van der Waals surface area contributed by atoms with Gasteiger partial charge in [-0.3, -0.25) is 9.59 Å². The summed E-state index contributed by atoms with van der Waals surface area (Å²) in [5.74, 6) is -0.511. The van der Waals surface area contributed by atoms with Gasteiger partial charge in [-0.2, -0.15) is 0 Å². The zero-order valence-electron chi connectivity index (χ0n) is 19.3. The van der Waals surface area contributed by atoms with Gasteiger partial charge in [0, 0.05) is 18.5 Å². The van der Waals surface area contributed by atoms with Crippen LogP contribution in [0.3, 0.4) is 0 Å². The summed E-state index contributed by atoms with van der Waals surface area (Å²) >= 11 is 5.86. The molecule has 182 valence electrons. The van der Waals surface area contributed by atoms with Crippen molar-refractivity contribution in [1.29, 1.82) is 0 Å². The zero-order valence-corrected chi connectivity index (χ0v) is 20.1. The highest BCUT2D eigenvalue weighted by molar-refractivity contribution is 6.30. The van der Waals surface area contributed by atoms with Crippen LogP contribution in [0.4, 0.5) is 10.3 Å². The van der Waals surface area contributed by atoms with Gasteiger partial charge in [0.25, 0.3) is 11.5 Å². The van der Waals surface area contributed by atoms with Gasteiger partial charge in [-0.25, -0.2) is 19.3 Å². The van der Waals surface area contributed by atoms with Crippen LogP contribution in [0.2, 0.25) is 5.02 Å². The number of halogens is 2. The number of rotatable bonds is 5. The number of aromatic amines is 1. The van der Waals surface area contributed by atoms with E-state index in [-0.39, 0.29) is 22.7 Å². The van der Waals surface area contributed by atoms with E-state index in [9.17, 15) is 14.0 Å². The maximum absolute atomic E-state index is 14.4. The van der Waals surface area contributed by atoms with Gasteiger partial charge in [-0.15, -0.1) is 0 Å². The summed E-state index contributed by atoms with van der Waals surface area (Å²) in [4.78, 5) is 43.4. The molecule has 0 aliphatic carbocycles. The number of aryl methyl sites for hydroxylation is 1. The number of fused-ring (bicyclic) bond motifs is 1. The molecule has 1 aliphatic heterocycles. The number of hydrogen-bond acceptors (Lipinski definition) is 6. The summed E-state index contributed by atoms with van der Waals surface area (Å²) in [6, 6.07) is 13.2. The lowest BCUT2D eigenvalue weighted by Crippen LogP contribution is -2.41. The lowest BCUT2D eigenvalue weighted by Gasteiger charge is -2.38. The van der Waals surface area contributed by atoms with Crippen molar-refractivity contribution < 1.29 is 9.18 Å². The predicted octanol–water partition coefficient (Wildman–Crippen LogP) is 4.10. The van der Waals surface area contributed by atoms with E-state index in [1.54, 1.807) is 11.0 Å². The van der Waals surface area contributed by atoms with Crippen LogP contribution in [0.1, 0.15) is 45.8 Å². The Hall–Kier alpha value is -4.11. The molecule has 10 heteroatoms. The molecule has 0 saturated carbocycles. The van der Waals surface area contributed by atoms with Crippen LogP contribution in [-0.2, 0) is 19.4 Å². The Bertz CT molecular complexity index is 1530. The van der Waals surface area contributed by atoms with E-state index in [1.165, 1.54) is 18.3 Å². The number of hydrogen-bond donors (Lipinski definition) is 2. The van der Waals surface area contributed by atoms with Crippen molar-refractivity contribution in [2.75, 3.05) is 5.73 Å². The Balaban J connectivity index is 1.70. The monoisotopic (exact) mass is 504 g/mol. The van der Waals surface area contributed by atoms with Gasteiger partial charge in [0.1, 0.15) is 16.7 Å². The average molecular weight is 505 g/mol. The van der Waals surface area contributed by atoms with E-state index in [0.29, 0.717) is 47.5 Å². The number of nitrogens with two attached hydrogens (primary N) is 1. The van der Waals surface area contributed by atoms with E-state index in [4.69, 9.17) is 17.3 Å². The summed E-state index contributed by atoms with van der Waals surface area (Å²) in [5, 5.41) is -0.0801. The minimum atomic E-state index is -0.545. The molecule has 0 radical (unpaired) electrons. The minimum Gasteiger partial charge on any atom is -0.368 e. The highest BCUT2D eigenvalue weighted by Crippen LogP contribution is 2.39. The number of H-pyrrole nitrogens is 1. The number of aromatic nitrogens is 4. The van der Waals surface area contributed by atoms with E-state index in [2.05, 4.69) is 19.9 Å². The van der Waals surface area contributed by atoms with Crippen LogP contribution in [0.5, 0.6) is 0 Å². The van der Waals surface area contributed by atoms with Gasteiger partial charge in [0.2, 0.25) is 5.95 Å². The summed E-state index contributed by atoms with van der Waals surface area (Å²) in [6.45, 7) is 2.21. The molecule has 5 rings (SSSR count). The Kier molecular flexibility index (Phi) is 6.24. The zero-order chi connectivity index (χ0) is 25.4. The first-order chi connectivity index (χ1) is 17.4. The van der Waals surface area contributed by atoms with Crippen molar-refractivity contribution in [2.24, 2.45) is 0 Å². The molecule has 0 saturated heterocycles. The first-order valence-electron chi connectivity index (χ1n) is 11.4. The number of nitrogens with one attached hydrogen (secondary N) is 1. The van der Waals surface area contributed by atoms with Crippen LogP contribution < -0.4 is 11.3 Å². The highest BCUT2D eigenvalue weighted by Gasteiger charge is 2.38. The molecule has 0 bridgehead atoms. The van der Waals surface area contributed by atoms with Gasteiger partial charge in [0.05, 0.1) is 29.2 Å². The normalized spacial score (nSPS) is 15.1. The largest absolute Gasteiger partial charge is 0.368 e. The lowest BCUT2D eigenvalue weighted by atomic mass is 9.88. The van der Waals surface area contributed by atoms with Crippen molar-refractivity contribution in [3.05, 3.63) is 104 Å². The Labute approximate surface area is 211 Å². The minimum absolute atomic E-state index is 0.0801. The maximum Gasteiger partial charge on any atom is 0.269 e. The van der Waals surface area contributed by atoms with Crippen molar-refractivity contribution in [3.63, 3.8) is 0 Å². The van der Waals surface area contributed by atoms with E-state index < -0.39 is 17.4 Å². The molecule has 8 nitrogen and oxygen atoms in total. The number of carbonyl (C=O) groups excluding carboxylic acids is 1. The molecule has 3 N–H and O–H groups in total. The second-order valence-electron chi connectivity index (χ2n) is 8.48. The third kappa shape index (κ3) is 4.33. The second-order valence-corrected chi connectivity index (χ2v) is 8.89. The van der Waals surface area contributed by atoms with Gasteiger partial charge < -0.3 is 15.6 Å². The smallest absolute Gasteiger partial charge is 0.269 e. The molecule has 1 aliphatic rings. The number of amides is 1. The fraction of sp³-hybridized carbons (Fsp3) is 0.192. The molecule has 0 spiro atoms. The topological polar surface area (TPSA) is 118 Å². The van der Waals surface area contributed by atoms with Crippen LogP contribution >= 0.6 is 11.6 Å². The van der Waals surface area contributed by atoms with Crippen molar-refractivity contribution in [1.82, 2.24) is 24.8 Å². The van der Waals surface area contributed by atoms with E-state index in [0.717, 1.165) is 5.56 Å². The van der Waals surface area contributed by atoms with Crippen molar-refractivity contribution >= 4 is 23.5 Å². The number of nitrogens with zero attached hydrogens (tertiary/aromatic N) is 4. The third-order valence-corrected chi connectivity index (χ3v) is 6.50. The molecule has 36 heavy (non-hydrogen) atoms. The molecule has 0 fully saturated rings. The van der Waals surface area contributed by atoms with Crippen LogP contribution in [-0.4, -0.2) is 30.7 Å². The SMILES string of the molecule is CCc1nc(N)nc2c1C(=O)N(Cc1ccccc1)C(c1ccc(F)cc1-c1ncc(Cl)c(=O)[nH]1)C2. The number of anilines is 1. The third-order valence-electron chi connectivity index (χ3n) is 6.23. The highest BCUT2D eigenvalue weighted by atomic mass is 35.5. The van der Waals surface area contributed by atoms with E-state index >= 15 is 0 Å². The van der Waals surface area contributed by atoms with Gasteiger partial charge >= 0.3 is 0 Å². The van der Waals surface area contributed by atoms with Crippen molar-refractivity contribution in [3.8, 4) is 11.4 Å². The fourth-order valence-electron chi connectivity index (χ4n) is 4.59. The van der Waals surface area contributed by atoms with Crippen LogP contribution in [0, 0.1) is 5.82 Å². The molecule has 2 aromatic carbocycles. The summed E-state index contributed by atoms with van der Waals surface area (Å²) in [7, 11) is 0. The first-order valence-corrected chi connectivity index (χ1v) is 11.8. The Morgan fingerprint density at radius 2 is 1.94 bits per heavy atom. The summed E-state index contributed by atoms with van der Waals surface area (Å²) in [6.07, 6.45) is 2.06. The average Bonchev–Trinajstić information content (AvgIpc) is 2.87. The molecule has 1 atom stereocenters. The van der Waals surface area contributed by atoms with Crippen LogP contribution in [0.25, 0.3) is 11.4 Å². The quantitative estimate of drug-likeness (QED) is 0.422. The first kappa shape index (κ1) is 23.6. The fourth-order valence-corrected chi connectivity index (χ4v) is 4.69. The lowest BCUT2D eigenvalue weighted by molar-refractivity contribution is 0.0624. The summed E-state index contributed by atoms with van der Waals surface area (Å²) in [5.41, 5.74) is 8.86. The van der Waals surface area contributed by atoms with Crippen LogP contribution in [0.15, 0.2) is 59.5 Å². The number of nitrogen functional groups attached to an aromatic ring is 1. The van der Waals surface area contributed by atoms with Gasteiger partial charge in [-0.1, -0.05) is 54.9 Å². The Morgan fingerprint density at radius 1 is 1.17 bits per heavy atom. The van der Waals surface area contributed by atoms with E-state index in [1.807, 2.05) is 37.3 Å². The number of benzene rings is 2. The molecular formula is C26H22ClFN6O2. The molecular weight excluding hydrogens is 483 g/mol. The maximum atomic E-state index is 14.4. The predicted molar refractivity (Wildman–Crippen MR) is 134 cm³/mol. The molecule has 3 heterocycles. The molecule has 1 amide bonds. The molecule has 4 aromatic rings. The number of carbonyl (C=O) groups is 1. The standard InChI is InChI=1S/C26H22ClFN6O2/c1-2-19-22-20(32-26(29)31-19)11-21(34(25(22)36)13-14-6-4-3-5-7-14)16-9-8-15(28)10-17(16)23-30-12-18(27)24(35)33-23/h3-10,12,21H,2,11,13H2,1H3,(H2,29,31,32)(H,30,33,35). The van der Waals surface area contributed by atoms with Gasteiger partial charge in [0.15, 0.2) is 0 Å².